The van der Waals surface area contributed by atoms with Crippen LogP contribution in [-0.4, -0.2) is 22.2 Å². The Morgan fingerprint density at radius 2 is 2.08 bits per heavy atom. The third kappa shape index (κ3) is 3.90. The van der Waals surface area contributed by atoms with Gasteiger partial charge in [0.25, 0.3) is 5.91 Å². The largest absolute Gasteiger partial charge is 0.435 e. The van der Waals surface area contributed by atoms with E-state index in [1.165, 1.54) is 10.7 Å². The van der Waals surface area contributed by atoms with E-state index >= 15 is 0 Å². The summed E-state index contributed by atoms with van der Waals surface area (Å²) in [5.41, 5.74) is 0.103. The molecule has 1 aromatic heterocycles. The third-order valence-corrected chi connectivity index (χ3v) is 4.03. The van der Waals surface area contributed by atoms with Crippen LogP contribution < -0.4 is 5.32 Å². The van der Waals surface area contributed by atoms with Crippen molar-refractivity contribution in [2.45, 2.75) is 31.5 Å². The van der Waals surface area contributed by atoms with E-state index in [4.69, 9.17) is 11.6 Å². The molecular weight excluding hydrogens is 343 g/mol. The van der Waals surface area contributed by atoms with Gasteiger partial charge in [0, 0.05) is 28.7 Å². The van der Waals surface area contributed by atoms with Gasteiger partial charge in [-0.3, -0.25) is 9.48 Å². The molecule has 128 valence electrons. The van der Waals surface area contributed by atoms with Crippen LogP contribution in [0.15, 0.2) is 30.3 Å². The predicted molar refractivity (Wildman–Crippen MR) is 83.0 cm³/mol. The van der Waals surface area contributed by atoms with Crippen molar-refractivity contribution in [2.24, 2.45) is 0 Å². The fourth-order valence-corrected chi connectivity index (χ4v) is 2.65. The number of halogens is 4. The lowest BCUT2D eigenvalue weighted by atomic mass is 10.2. The van der Waals surface area contributed by atoms with Crippen molar-refractivity contribution >= 4 is 17.5 Å². The molecule has 1 N–H and O–H groups in total. The van der Waals surface area contributed by atoms with E-state index in [9.17, 15) is 18.0 Å². The maximum atomic E-state index is 12.8. The molecule has 2 aromatic rings. The Hall–Kier alpha value is -2.02. The number of hydrogen-bond donors (Lipinski definition) is 1. The number of benzene rings is 1. The van der Waals surface area contributed by atoms with E-state index in [-0.39, 0.29) is 24.9 Å². The molecule has 0 saturated heterocycles. The first-order valence-corrected chi connectivity index (χ1v) is 7.91. The summed E-state index contributed by atoms with van der Waals surface area (Å²) in [6, 6.07) is 7.57. The van der Waals surface area contributed by atoms with Gasteiger partial charge in [-0.2, -0.15) is 18.3 Å². The Balaban J connectivity index is 1.64. The molecule has 0 radical (unpaired) electrons. The van der Waals surface area contributed by atoms with E-state index in [1.54, 1.807) is 18.2 Å². The molecule has 0 atom stereocenters. The first-order valence-electron chi connectivity index (χ1n) is 7.53. The fourth-order valence-electron chi connectivity index (χ4n) is 2.46. The summed E-state index contributed by atoms with van der Waals surface area (Å²) in [4.78, 5) is 12.0. The van der Waals surface area contributed by atoms with Crippen LogP contribution in [0, 0.1) is 0 Å². The highest BCUT2D eigenvalue weighted by atomic mass is 35.5. The van der Waals surface area contributed by atoms with Crippen LogP contribution in [0.25, 0.3) is 0 Å². The standard InChI is InChI=1S/C16H15ClF3N3O/c17-12-3-1-2-11(8-12)15(24)21-6-7-23-13(10-4-5-10)9-14(22-23)16(18,19)20/h1-3,8-10H,4-7H2,(H,21,24). The van der Waals surface area contributed by atoms with Crippen molar-refractivity contribution < 1.29 is 18.0 Å². The fraction of sp³-hybridized carbons (Fsp3) is 0.375. The van der Waals surface area contributed by atoms with Crippen LogP contribution in [0.2, 0.25) is 5.02 Å². The molecule has 1 amide bonds. The number of carbonyl (C=O) groups is 1. The molecule has 24 heavy (non-hydrogen) atoms. The molecule has 1 heterocycles. The number of nitrogens with zero attached hydrogens (tertiary/aromatic N) is 2. The number of rotatable bonds is 5. The lowest BCUT2D eigenvalue weighted by Crippen LogP contribution is -2.28. The van der Waals surface area contributed by atoms with Crippen molar-refractivity contribution in [3.05, 3.63) is 52.3 Å². The lowest BCUT2D eigenvalue weighted by Gasteiger charge is -2.08. The molecule has 0 bridgehead atoms. The summed E-state index contributed by atoms with van der Waals surface area (Å²) >= 11 is 5.83. The van der Waals surface area contributed by atoms with Crippen LogP contribution in [0.4, 0.5) is 13.2 Å². The van der Waals surface area contributed by atoms with Gasteiger partial charge in [-0.25, -0.2) is 0 Å². The molecule has 8 heteroatoms. The molecule has 1 aliphatic carbocycles. The number of amides is 1. The molecule has 3 rings (SSSR count). The second kappa shape index (κ2) is 6.47. The summed E-state index contributed by atoms with van der Waals surface area (Å²) in [6.45, 7) is 0.373. The molecule has 1 aromatic carbocycles. The molecule has 1 fully saturated rings. The van der Waals surface area contributed by atoms with E-state index in [0.717, 1.165) is 18.9 Å². The number of aromatic nitrogens is 2. The highest BCUT2D eigenvalue weighted by molar-refractivity contribution is 6.30. The van der Waals surface area contributed by atoms with Crippen LogP contribution in [-0.2, 0) is 12.7 Å². The zero-order chi connectivity index (χ0) is 17.3. The topological polar surface area (TPSA) is 46.9 Å². The molecule has 1 aliphatic rings. The summed E-state index contributed by atoms with van der Waals surface area (Å²) in [5, 5.41) is 6.76. The minimum Gasteiger partial charge on any atom is -0.350 e. The normalized spacial score (nSPS) is 14.7. The van der Waals surface area contributed by atoms with Crippen LogP contribution in [0.1, 0.15) is 40.5 Å². The van der Waals surface area contributed by atoms with Crippen molar-refractivity contribution in [2.75, 3.05) is 6.54 Å². The third-order valence-electron chi connectivity index (χ3n) is 3.79. The average molecular weight is 358 g/mol. The molecule has 1 saturated carbocycles. The van der Waals surface area contributed by atoms with Gasteiger partial charge in [0.15, 0.2) is 5.69 Å². The van der Waals surface area contributed by atoms with Gasteiger partial charge in [0.1, 0.15) is 0 Å². The number of alkyl halides is 3. The second-order valence-electron chi connectivity index (χ2n) is 5.72. The van der Waals surface area contributed by atoms with E-state index < -0.39 is 11.9 Å². The second-order valence-corrected chi connectivity index (χ2v) is 6.15. The minimum atomic E-state index is -4.46. The maximum absolute atomic E-state index is 12.8. The first-order chi connectivity index (χ1) is 11.3. The molecular formula is C16H15ClF3N3O. The van der Waals surface area contributed by atoms with Gasteiger partial charge in [-0.15, -0.1) is 0 Å². The van der Waals surface area contributed by atoms with Gasteiger partial charge in [0.05, 0.1) is 6.54 Å². The Morgan fingerprint density at radius 3 is 2.71 bits per heavy atom. The van der Waals surface area contributed by atoms with Crippen LogP contribution >= 0.6 is 11.6 Å². The smallest absolute Gasteiger partial charge is 0.350 e. The average Bonchev–Trinajstić information content (AvgIpc) is 3.26. The molecule has 0 aliphatic heterocycles. The van der Waals surface area contributed by atoms with E-state index in [0.29, 0.717) is 16.3 Å². The summed E-state index contributed by atoms with van der Waals surface area (Å²) < 4.78 is 39.8. The van der Waals surface area contributed by atoms with E-state index in [1.807, 2.05) is 0 Å². The predicted octanol–water partition coefficient (Wildman–Crippen LogP) is 3.86. The van der Waals surface area contributed by atoms with Crippen molar-refractivity contribution in [3.8, 4) is 0 Å². The van der Waals surface area contributed by atoms with Crippen LogP contribution in [0.3, 0.4) is 0 Å². The summed E-state index contributed by atoms with van der Waals surface area (Å²) in [6.07, 6.45) is -2.71. The number of nitrogens with one attached hydrogen (secondary N) is 1. The quantitative estimate of drug-likeness (QED) is 0.883. The maximum Gasteiger partial charge on any atom is 0.435 e. The zero-order valence-electron chi connectivity index (χ0n) is 12.6. The number of hydrogen-bond acceptors (Lipinski definition) is 2. The molecule has 0 spiro atoms. The molecule has 4 nitrogen and oxygen atoms in total. The Morgan fingerprint density at radius 1 is 1.33 bits per heavy atom. The SMILES string of the molecule is O=C(NCCn1nc(C(F)(F)F)cc1C1CC1)c1cccc(Cl)c1. The van der Waals surface area contributed by atoms with Gasteiger partial charge in [0.2, 0.25) is 0 Å². The van der Waals surface area contributed by atoms with Crippen molar-refractivity contribution in [1.29, 1.82) is 0 Å². The van der Waals surface area contributed by atoms with Crippen molar-refractivity contribution in [3.63, 3.8) is 0 Å². The summed E-state index contributed by atoms with van der Waals surface area (Å²) in [5.74, 6) is -0.189. The van der Waals surface area contributed by atoms with Gasteiger partial charge in [-0.05, 0) is 37.1 Å². The highest BCUT2D eigenvalue weighted by Gasteiger charge is 2.37. The molecule has 0 unspecified atom stereocenters. The minimum absolute atomic E-state index is 0.136. The lowest BCUT2D eigenvalue weighted by molar-refractivity contribution is -0.141. The first kappa shape index (κ1) is 16.8. The van der Waals surface area contributed by atoms with Crippen LogP contribution in [0.5, 0.6) is 0 Å². The Labute approximate surface area is 141 Å². The zero-order valence-corrected chi connectivity index (χ0v) is 13.4. The number of carbonyl (C=O) groups excluding carboxylic acids is 1. The monoisotopic (exact) mass is 357 g/mol. The Kier molecular flexibility index (Phi) is 4.54. The van der Waals surface area contributed by atoms with Gasteiger partial charge >= 0.3 is 6.18 Å². The van der Waals surface area contributed by atoms with Crippen molar-refractivity contribution in [1.82, 2.24) is 15.1 Å². The van der Waals surface area contributed by atoms with E-state index in [2.05, 4.69) is 10.4 Å². The van der Waals surface area contributed by atoms with Gasteiger partial charge < -0.3 is 5.32 Å². The summed E-state index contributed by atoms with van der Waals surface area (Å²) in [7, 11) is 0. The highest BCUT2D eigenvalue weighted by Crippen LogP contribution is 2.42. The Bertz CT molecular complexity index is 753. The van der Waals surface area contributed by atoms with Gasteiger partial charge in [-0.1, -0.05) is 17.7 Å².